The molecule has 5 heteroatoms. The second-order valence-corrected chi connectivity index (χ2v) is 6.15. The predicted octanol–water partition coefficient (Wildman–Crippen LogP) is 1.52. The number of carbonyl (C=O) groups excluding carboxylic acids is 1. The molecule has 1 saturated heterocycles. The van der Waals surface area contributed by atoms with Gasteiger partial charge in [0.2, 0.25) is 5.91 Å². The SMILES string of the molecule is CCC1CCNC(C(=O)NC2CCCCC2C(=O)O)C1. The standard InChI is InChI=1S/C15H26N2O3/c1-2-10-7-8-16-13(9-10)14(18)17-12-6-4-3-5-11(12)15(19)20/h10-13,16H,2-9H2,1H3,(H,17,18)(H,19,20). The molecule has 0 aromatic rings. The molecule has 1 heterocycles. The quantitative estimate of drug-likeness (QED) is 0.730. The average molecular weight is 282 g/mol. The summed E-state index contributed by atoms with van der Waals surface area (Å²) in [7, 11) is 0. The van der Waals surface area contributed by atoms with E-state index in [-0.39, 0.29) is 18.0 Å². The number of hydrogen-bond donors (Lipinski definition) is 3. The third kappa shape index (κ3) is 3.72. The first-order valence-corrected chi connectivity index (χ1v) is 7.88. The van der Waals surface area contributed by atoms with Gasteiger partial charge in [0, 0.05) is 6.04 Å². The van der Waals surface area contributed by atoms with Crippen LogP contribution in [0, 0.1) is 11.8 Å². The zero-order chi connectivity index (χ0) is 14.5. The van der Waals surface area contributed by atoms with Gasteiger partial charge in [0.05, 0.1) is 12.0 Å². The van der Waals surface area contributed by atoms with Crippen molar-refractivity contribution >= 4 is 11.9 Å². The molecule has 3 N–H and O–H groups in total. The lowest BCUT2D eigenvalue weighted by Crippen LogP contribution is -2.54. The molecule has 0 aromatic carbocycles. The summed E-state index contributed by atoms with van der Waals surface area (Å²) in [6.07, 6.45) is 6.51. The van der Waals surface area contributed by atoms with Crippen LogP contribution in [0.5, 0.6) is 0 Å². The maximum Gasteiger partial charge on any atom is 0.308 e. The molecule has 1 aliphatic carbocycles. The van der Waals surface area contributed by atoms with Crippen LogP contribution in [0.15, 0.2) is 0 Å². The van der Waals surface area contributed by atoms with Crippen LogP contribution in [0.2, 0.25) is 0 Å². The van der Waals surface area contributed by atoms with Gasteiger partial charge < -0.3 is 15.7 Å². The van der Waals surface area contributed by atoms with Crippen LogP contribution in [0.4, 0.5) is 0 Å². The lowest BCUT2D eigenvalue weighted by atomic mass is 9.84. The molecule has 0 bridgehead atoms. The van der Waals surface area contributed by atoms with Crippen molar-refractivity contribution in [1.29, 1.82) is 0 Å². The largest absolute Gasteiger partial charge is 0.481 e. The molecule has 2 aliphatic rings. The molecule has 1 aliphatic heterocycles. The zero-order valence-corrected chi connectivity index (χ0v) is 12.2. The van der Waals surface area contributed by atoms with Crippen LogP contribution in [0.3, 0.4) is 0 Å². The molecule has 5 nitrogen and oxygen atoms in total. The van der Waals surface area contributed by atoms with Gasteiger partial charge in [-0.05, 0) is 38.1 Å². The van der Waals surface area contributed by atoms with Gasteiger partial charge in [0.1, 0.15) is 0 Å². The van der Waals surface area contributed by atoms with Gasteiger partial charge in [-0.25, -0.2) is 0 Å². The Morgan fingerprint density at radius 3 is 2.70 bits per heavy atom. The summed E-state index contributed by atoms with van der Waals surface area (Å²) >= 11 is 0. The highest BCUT2D eigenvalue weighted by Gasteiger charge is 2.34. The minimum absolute atomic E-state index is 0.0127. The third-order valence-electron chi connectivity index (χ3n) is 4.82. The van der Waals surface area contributed by atoms with E-state index in [1.54, 1.807) is 0 Å². The molecule has 114 valence electrons. The summed E-state index contributed by atoms with van der Waals surface area (Å²) in [6, 6.07) is -0.345. The molecule has 4 unspecified atom stereocenters. The number of rotatable bonds is 4. The Kier molecular flexibility index (Phi) is 5.40. The van der Waals surface area contributed by atoms with E-state index in [2.05, 4.69) is 17.6 Å². The smallest absolute Gasteiger partial charge is 0.308 e. The van der Waals surface area contributed by atoms with Crippen molar-refractivity contribution in [2.24, 2.45) is 11.8 Å². The molecule has 0 aromatic heterocycles. The van der Waals surface area contributed by atoms with E-state index in [4.69, 9.17) is 0 Å². The van der Waals surface area contributed by atoms with Crippen molar-refractivity contribution < 1.29 is 14.7 Å². The number of piperidine rings is 1. The third-order valence-corrected chi connectivity index (χ3v) is 4.82. The molecular formula is C15H26N2O3. The number of carboxylic acid groups (broad SMARTS) is 1. The summed E-state index contributed by atoms with van der Waals surface area (Å²) in [5.74, 6) is -0.605. The lowest BCUT2D eigenvalue weighted by Gasteiger charge is -2.33. The average Bonchev–Trinajstić information content (AvgIpc) is 2.47. The topological polar surface area (TPSA) is 78.4 Å². The van der Waals surface area contributed by atoms with Gasteiger partial charge in [-0.2, -0.15) is 0 Å². The summed E-state index contributed by atoms with van der Waals surface area (Å²) in [4.78, 5) is 23.6. The van der Waals surface area contributed by atoms with Crippen LogP contribution in [0.1, 0.15) is 51.9 Å². The fourth-order valence-corrected chi connectivity index (χ4v) is 3.45. The van der Waals surface area contributed by atoms with Crippen molar-refractivity contribution in [3.63, 3.8) is 0 Å². The molecule has 0 radical (unpaired) electrons. The molecule has 0 spiro atoms. The van der Waals surface area contributed by atoms with E-state index in [1.807, 2.05) is 0 Å². The van der Waals surface area contributed by atoms with Crippen LogP contribution < -0.4 is 10.6 Å². The minimum Gasteiger partial charge on any atom is -0.481 e. The first-order valence-electron chi connectivity index (χ1n) is 7.88. The van der Waals surface area contributed by atoms with Crippen molar-refractivity contribution in [1.82, 2.24) is 10.6 Å². The Bertz CT molecular complexity index is 359. The van der Waals surface area contributed by atoms with Gasteiger partial charge in [0.15, 0.2) is 0 Å². The maximum absolute atomic E-state index is 12.3. The highest BCUT2D eigenvalue weighted by molar-refractivity contribution is 5.83. The first kappa shape index (κ1) is 15.3. The summed E-state index contributed by atoms with van der Waals surface area (Å²) in [5.41, 5.74) is 0. The number of nitrogens with one attached hydrogen (secondary N) is 2. The molecule has 20 heavy (non-hydrogen) atoms. The second kappa shape index (κ2) is 7.07. The Balaban J connectivity index is 1.90. The highest BCUT2D eigenvalue weighted by Crippen LogP contribution is 2.25. The van der Waals surface area contributed by atoms with Crippen molar-refractivity contribution in [2.75, 3.05) is 6.54 Å². The van der Waals surface area contributed by atoms with Gasteiger partial charge in [0.25, 0.3) is 0 Å². The van der Waals surface area contributed by atoms with E-state index in [0.717, 1.165) is 45.1 Å². The zero-order valence-electron chi connectivity index (χ0n) is 12.2. The minimum atomic E-state index is -0.780. The molecule has 4 atom stereocenters. The molecule has 1 saturated carbocycles. The Hall–Kier alpha value is -1.10. The van der Waals surface area contributed by atoms with Crippen LogP contribution in [-0.4, -0.2) is 35.6 Å². The Morgan fingerprint density at radius 1 is 1.25 bits per heavy atom. The first-order chi connectivity index (χ1) is 9.61. The molecule has 2 rings (SSSR count). The number of carbonyl (C=O) groups is 2. The van der Waals surface area contributed by atoms with Crippen molar-refractivity contribution in [3.8, 4) is 0 Å². The van der Waals surface area contributed by atoms with E-state index in [1.165, 1.54) is 0 Å². The fraction of sp³-hybridized carbons (Fsp3) is 0.867. The normalized spacial score (nSPS) is 34.5. The number of amides is 1. The second-order valence-electron chi connectivity index (χ2n) is 6.15. The van der Waals surface area contributed by atoms with E-state index >= 15 is 0 Å². The van der Waals surface area contributed by atoms with Crippen molar-refractivity contribution in [3.05, 3.63) is 0 Å². The van der Waals surface area contributed by atoms with Crippen LogP contribution in [-0.2, 0) is 9.59 Å². The Morgan fingerprint density at radius 2 is 2.00 bits per heavy atom. The molecular weight excluding hydrogens is 256 g/mol. The van der Waals surface area contributed by atoms with Gasteiger partial charge in [-0.15, -0.1) is 0 Å². The number of hydrogen-bond acceptors (Lipinski definition) is 3. The molecule has 1 amide bonds. The fourth-order valence-electron chi connectivity index (χ4n) is 3.45. The van der Waals surface area contributed by atoms with Crippen molar-refractivity contribution in [2.45, 2.75) is 64.0 Å². The van der Waals surface area contributed by atoms with E-state index in [0.29, 0.717) is 12.3 Å². The van der Waals surface area contributed by atoms with E-state index in [9.17, 15) is 14.7 Å². The van der Waals surface area contributed by atoms with Crippen LogP contribution in [0.25, 0.3) is 0 Å². The Labute approximate surface area is 120 Å². The maximum atomic E-state index is 12.3. The summed E-state index contributed by atoms with van der Waals surface area (Å²) < 4.78 is 0. The lowest BCUT2D eigenvalue weighted by molar-refractivity contribution is -0.144. The summed E-state index contributed by atoms with van der Waals surface area (Å²) in [6.45, 7) is 3.04. The van der Waals surface area contributed by atoms with Gasteiger partial charge in [-0.3, -0.25) is 9.59 Å². The van der Waals surface area contributed by atoms with Gasteiger partial charge >= 0.3 is 5.97 Å². The van der Waals surface area contributed by atoms with Crippen LogP contribution >= 0.6 is 0 Å². The predicted molar refractivity (Wildman–Crippen MR) is 76.3 cm³/mol. The highest BCUT2D eigenvalue weighted by atomic mass is 16.4. The number of carboxylic acids is 1. The van der Waals surface area contributed by atoms with E-state index < -0.39 is 11.9 Å². The summed E-state index contributed by atoms with van der Waals surface area (Å²) in [5, 5.41) is 15.5. The van der Waals surface area contributed by atoms with Gasteiger partial charge in [-0.1, -0.05) is 26.2 Å². The monoisotopic (exact) mass is 282 g/mol. The molecule has 2 fully saturated rings. The number of aliphatic carboxylic acids is 1.